The number of hydrogen-bond donors (Lipinski definition) is 1. The Kier molecular flexibility index (Phi) is 3.36. The summed E-state index contributed by atoms with van der Waals surface area (Å²) < 4.78 is 0. The third-order valence-corrected chi connectivity index (χ3v) is 3.92. The van der Waals surface area contributed by atoms with Crippen LogP contribution in [0, 0.1) is 17.3 Å². The molecule has 1 aliphatic rings. The van der Waals surface area contributed by atoms with Gasteiger partial charge in [-0.05, 0) is 45.1 Å². The topological polar surface area (TPSA) is 29.1 Å². The molecule has 2 nitrogen and oxygen atoms in total. The zero-order valence-corrected chi connectivity index (χ0v) is 10.1. The van der Waals surface area contributed by atoms with Crippen molar-refractivity contribution in [3.63, 3.8) is 0 Å². The van der Waals surface area contributed by atoms with Crippen LogP contribution in [0.2, 0.25) is 0 Å². The van der Waals surface area contributed by atoms with Crippen LogP contribution >= 0.6 is 0 Å². The number of Topliss-reactive ketones (excluding diaryl/α,β-unsaturated/α-hetero) is 1. The first kappa shape index (κ1) is 11.7. The van der Waals surface area contributed by atoms with E-state index in [1.54, 1.807) is 6.92 Å². The van der Waals surface area contributed by atoms with Gasteiger partial charge in [-0.1, -0.05) is 13.8 Å². The first-order valence-electron chi connectivity index (χ1n) is 5.56. The monoisotopic (exact) mass is 197 g/mol. The zero-order valence-electron chi connectivity index (χ0n) is 10.1. The highest BCUT2D eigenvalue weighted by molar-refractivity contribution is 5.79. The minimum absolute atomic E-state index is 0.196. The van der Waals surface area contributed by atoms with Crippen LogP contribution in [0.3, 0.4) is 0 Å². The van der Waals surface area contributed by atoms with Crippen LogP contribution in [0.15, 0.2) is 0 Å². The highest BCUT2D eigenvalue weighted by atomic mass is 16.1. The molecule has 0 aromatic carbocycles. The third kappa shape index (κ3) is 2.17. The van der Waals surface area contributed by atoms with Crippen LogP contribution in [-0.4, -0.2) is 18.9 Å². The highest BCUT2D eigenvalue weighted by Gasteiger charge is 2.43. The van der Waals surface area contributed by atoms with E-state index in [2.05, 4.69) is 26.1 Å². The molecule has 0 bridgehead atoms. The van der Waals surface area contributed by atoms with Crippen molar-refractivity contribution in [3.05, 3.63) is 0 Å². The lowest BCUT2D eigenvalue weighted by molar-refractivity contribution is -0.123. The van der Waals surface area contributed by atoms with Gasteiger partial charge >= 0.3 is 0 Å². The van der Waals surface area contributed by atoms with Crippen LogP contribution < -0.4 is 5.32 Å². The van der Waals surface area contributed by atoms with E-state index in [9.17, 15) is 4.79 Å². The average Bonchev–Trinajstić information content (AvgIpc) is 2.40. The minimum Gasteiger partial charge on any atom is -0.317 e. The number of hydrogen-bond acceptors (Lipinski definition) is 2. The molecule has 0 radical (unpaired) electrons. The Balaban J connectivity index is 2.71. The SMILES string of the molecule is CNC(C)C1CC(C(C)=O)C(C)(C)C1. The Morgan fingerprint density at radius 3 is 2.43 bits per heavy atom. The van der Waals surface area contributed by atoms with Crippen LogP contribution in [0.5, 0.6) is 0 Å². The molecule has 1 saturated carbocycles. The zero-order chi connectivity index (χ0) is 10.9. The maximum absolute atomic E-state index is 11.5. The van der Waals surface area contributed by atoms with Gasteiger partial charge in [0, 0.05) is 12.0 Å². The summed E-state index contributed by atoms with van der Waals surface area (Å²) >= 11 is 0. The molecule has 0 aliphatic heterocycles. The van der Waals surface area contributed by atoms with E-state index in [-0.39, 0.29) is 11.3 Å². The number of carbonyl (C=O) groups is 1. The fourth-order valence-corrected chi connectivity index (χ4v) is 2.86. The largest absolute Gasteiger partial charge is 0.317 e. The molecule has 0 amide bonds. The fourth-order valence-electron chi connectivity index (χ4n) is 2.86. The summed E-state index contributed by atoms with van der Waals surface area (Å²) in [6.45, 7) is 8.39. The Morgan fingerprint density at radius 2 is 2.07 bits per heavy atom. The second-order valence-corrected chi connectivity index (χ2v) is 5.43. The molecule has 1 N–H and O–H groups in total. The van der Waals surface area contributed by atoms with Crippen LogP contribution in [0.1, 0.15) is 40.5 Å². The van der Waals surface area contributed by atoms with Gasteiger partial charge in [-0.25, -0.2) is 0 Å². The Hall–Kier alpha value is -0.370. The smallest absolute Gasteiger partial charge is 0.133 e. The summed E-state index contributed by atoms with van der Waals surface area (Å²) in [4.78, 5) is 11.5. The summed E-state index contributed by atoms with van der Waals surface area (Å²) in [7, 11) is 2.00. The van der Waals surface area contributed by atoms with Gasteiger partial charge in [0.25, 0.3) is 0 Å². The fraction of sp³-hybridized carbons (Fsp3) is 0.917. The number of ketones is 1. The lowest BCUT2D eigenvalue weighted by Crippen LogP contribution is -2.29. The van der Waals surface area contributed by atoms with Gasteiger partial charge in [0.2, 0.25) is 0 Å². The summed E-state index contributed by atoms with van der Waals surface area (Å²) in [5, 5.41) is 3.29. The molecule has 0 aromatic rings. The predicted octanol–water partition coefficient (Wildman–Crippen LogP) is 2.24. The van der Waals surface area contributed by atoms with Crippen LogP contribution in [0.25, 0.3) is 0 Å². The van der Waals surface area contributed by atoms with Crippen molar-refractivity contribution in [3.8, 4) is 0 Å². The number of nitrogens with one attached hydrogen (secondary N) is 1. The summed E-state index contributed by atoms with van der Waals surface area (Å²) in [6, 6.07) is 0.527. The van der Waals surface area contributed by atoms with Crippen molar-refractivity contribution in [1.29, 1.82) is 0 Å². The second-order valence-electron chi connectivity index (χ2n) is 5.43. The van der Waals surface area contributed by atoms with E-state index in [0.717, 1.165) is 6.42 Å². The van der Waals surface area contributed by atoms with Crippen LogP contribution in [-0.2, 0) is 4.79 Å². The Bertz CT molecular complexity index is 222. The molecule has 0 saturated heterocycles. The first-order valence-corrected chi connectivity index (χ1v) is 5.56. The molecular formula is C12H23NO. The van der Waals surface area contributed by atoms with E-state index in [1.807, 2.05) is 7.05 Å². The lowest BCUT2D eigenvalue weighted by Gasteiger charge is -2.24. The maximum atomic E-state index is 11.5. The van der Waals surface area contributed by atoms with Crippen molar-refractivity contribution < 1.29 is 4.79 Å². The van der Waals surface area contributed by atoms with Crippen LogP contribution in [0.4, 0.5) is 0 Å². The van der Waals surface area contributed by atoms with Gasteiger partial charge in [-0.15, -0.1) is 0 Å². The molecule has 3 atom stereocenters. The van der Waals surface area contributed by atoms with Crippen molar-refractivity contribution in [2.45, 2.75) is 46.6 Å². The second kappa shape index (κ2) is 4.01. The maximum Gasteiger partial charge on any atom is 0.133 e. The van der Waals surface area contributed by atoms with Gasteiger partial charge < -0.3 is 5.32 Å². The van der Waals surface area contributed by atoms with Gasteiger partial charge in [0.1, 0.15) is 5.78 Å². The molecule has 14 heavy (non-hydrogen) atoms. The molecular weight excluding hydrogens is 174 g/mol. The normalized spacial score (nSPS) is 32.9. The van der Waals surface area contributed by atoms with Crippen molar-refractivity contribution >= 4 is 5.78 Å². The first-order chi connectivity index (χ1) is 6.38. The molecule has 1 rings (SSSR count). The number of carbonyl (C=O) groups excluding carboxylic acids is 1. The molecule has 2 heteroatoms. The van der Waals surface area contributed by atoms with E-state index in [0.29, 0.717) is 17.7 Å². The van der Waals surface area contributed by atoms with Crippen molar-refractivity contribution in [2.75, 3.05) is 7.05 Å². The molecule has 3 unspecified atom stereocenters. The standard InChI is InChI=1S/C12H23NO/c1-8(13-5)10-6-11(9(2)14)12(3,4)7-10/h8,10-11,13H,6-7H2,1-5H3. The van der Waals surface area contributed by atoms with Gasteiger partial charge in [-0.2, -0.15) is 0 Å². The van der Waals surface area contributed by atoms with E-state index >= 15 is 0 Å². The third-order valence-electron chi connectivity index (χ3n) is 3.92. The molecule has 82 valence electrons. The predicted molar refractivity (Wildman–Crippen MR) is 59.2 cm³/mol. The van der Waals surface area contributed by atoms with Gasteiger partial charge in [0.05, 0.1) is 0 Å². The highest BCUT2D eigenvalue weighted by Crippen LogP contribution is 2.47. The lowest BCUT2D eigenvalue weighted by atomic mass is 9.80. The summed E-state index contributed by atoms with van der Waals surface area (Å²) in [5.74, 6) is 1.29. The Labute approximate surface area is 87.5 Å². The molecule has 1 aliphatic carbocycles. The molecule has 0 heterocycles. The minimum atomic E-state index is 0.196. The van der Waals surface area contributed by atoms with E-state index in [4.69, 9.17) is 0 Å². The molecule has 1 fully saturated rings. The van der Waals surface area contributed by atoms with Crippen molar-refractivity contribution in [1.82, 2.24) is 5.32 Å². The van der Waals surface area contributed by atoms with Gasteiger partial charge in [-0.3, -0.25) is 4.79 Å². The summed E-state index contributed by atoms with van der Waals surface area (Å²) in [6.07, 6.45) is 2.23. The van der Waals surface area contributed by atoms with Crippen molar-refractivity contribution in [2.24, 2.45) is 17.3 Å². The summed E-state index contributed by atoms with van der Waals surface area (Å²) in [5.41, 5.74) is 0.196. The molecule has 0 aromatic heterocycles. The quantitative estimate of drug-likeness (QED) is 0.751. The average molecular weight is 197 g/mol. The van der Waals surface area contributed by atoms with E-state index in [1.165, 1.54) is 6.42 Å². The van der Waals surface area contributed by atoms with E-state index < -0.39 is 0 Å². The van der Waals surface area contributed by atoms with Gasteiger partial charge in [0.15, 0.2) is 0 Å². The molecule has 0 spiro atoms. The Morgan fingerprint density at radius 1 is 1.50 bits per heavy atom. The number of rotatable bonds is 3.